The summed E-state index contributed by atoms with van der Waals surface area (Å²) in [4.78, 5) is 4.15. The van der Waals surface area contributed by atoms with Crippen LogP contribution in [-0.2, 0) is 6.54 Å². The predicted octanol–water partition coefficient (Wildman–Crippen LogP) is 2.52. The van der Waals surface area contributed by atoms with Crippen LogP contribution in [0.4, 0.5) is 0 Å². The van der Waals surface area contributed by atoms with Crippen molar-refractivity contribution >= 4 is 28.5 Å². The minimum atomic E-state index is 0.548. The third-order valence-electron chi connectivity index (χ3n) is 1.57. The van der Waals surface area contributed by atoms with Crippen LogP contribution in [0.5, 0.6) is 0 Å². The molecule has 0 heterocycles. The number of amidine groups is 1. The smallest absolute Gasteiger partial charge is 0.153 e. The minimum absolute atomic E-state index is 0.548. The third-order valence-corrected chi connectivity index (χ3v) is 2.49. The zero-order valence-electron chi connectivity index (χ0n) is 7.33. The Labute approximate surface area is 87.2 Å². The van der Waals surface area contributed by atoms with Gasteiger partial charge < -0.3 is 5.73 Å². The van der Waals surface area contributed by atoms with Crippen molar-refractivity contribution in [1.29, 1.82) is 0 Å². The molecule has 0 radical (unpaired) electrons. The van der Waals surface area contributed by atoms with Gasteiger partial charge in [0.1, 0.15) is 0 Å². The van der Waals surface area contributed by atoms with Gasteiger partial charge in [-0.15, -0.1) is 0 Å². The van der Waals surface area contributed by atoms with Crippen LogP contribution < -0.4 is 5.73 Å². The number of benzene rings is 1. The number of aliphatic imine (C=N–C) groups is 1. The highest BCUT2D eigenvalue weighted by Gasteiger charge is 1.96. The summed E-state index contributed by atoms with van der Waals surface area (Å²) in [6.45, 7) is 0.548. The number of nitrogens with zero attached hydrogens (tertiary/aromatic N) is 1. The molecule has 13 heavy (non-hydrogen) atoms. The molecule has 0 fully saturated rings. The lowest BCUT2D eigenvalue weighted by atomic mass is 10.2. The monoisotopic (exact) mass is 214 g/mol. The lowest BCUT2D eigenvalue weighted by Gasteiger charge is -2.00. The fourth-order valence-corrected chi connectivity index (χ4v) is 1.24. The van der Waals surface area contributed by atoms with Gasteiger partial charge in [-0.05, 0) is 17.9 Å². The molecule has 2 N–H and O–H groups in total. The van der Waals surface area contributed by atoms with E-state index >= 15 is 0 Å². The second-order valence-corrected chi connectivity index (χ2v) is 3.68. The van der Waals surface area contributed by atoms with Gasteiger partial charge in [0.2, 0.25) is 0 Å². The van der Waals surface area contributed by atoms with Crippen molar-refractivity contribution in [2.45, 2.75) is 6.54 Å². The Morgan fingerprint density at radius 1 is 1.54 bits per heavy atom. The maximum atomic E-state index is 5.93. The molecule has 1 aromatic rings. The first kappa shape index (κ1) is 10.4. The Bertz CT molecular complexity index is 312. The summed E-state index contributed by atoms with van der Waals surface area (Å²) in [6, 6.07) is 7.63. The van der Waals surface area contributed by atoms with Crippen LogP contribution in [-0.4, -0.2) is 11.4 Å². The van der Waals surface area contributed by atoms with Crippen LogP contribution in [0.15, 0.2) is 29.3 Å². The molecule has 0 spiro atoms. The highest BCUT2D eigenvalue weighted by Crippen LogP contribution is 2.15. The quantitative estimate of drug-likeness (QED) is 0.607. The van der Waals surface area contributed by atoms with Gasteiger partial charge in [0.15, 0.2) is 5.17 Å². The molecule has 4 heteroatoms. The molecule has 0 aliphatic rings. The summed E-state index contributed by atoms with van der Waals surface area (Å²) < 4.78 is 0. The van der Waals surface area contributed by atoms with E-state index in [2.05, 4.69) is 4.99 Å². The molecule has 0 saturated heterocycles. The molecule has 0 aliphatic carbocycles. The number of thioether (sulfide) groups is 1. The second kappa shape index (κ2) is 5.14. The van der Waals surface area contributed by atoms with Crippen molar-refractivity contribution in [3.8, 4) is 0 Å². The average Bonchev–Trinajstić information content (AvgIpc) is 2.16. The number of hydrogen-bond acceptors (Lipinski definition) is 2. The molecular weight excluding hydrogens is 204 g/mol. The summed E-state index contributed by atoms with van der Waals surface area (Å²) in [5, 5.41) is 1.32. The molecule has 1 aromatic carbocycles. The predicted molar refractivity (Wildman–Crippen MR) is 60.3 cm³/mol. The van der Waals surface area contributed by atoms with Gasteiger partial charge in [0.25, 0.3) is 0 Å². The first-order chi connectivity index (χ1) is 6.24. The van der Waals surface area contributed by atoms with Crippen molar-refractivity contribution in [2.75, 3.05) is 6.26 Å². The van der Waals surface area contributed by atoms with E-state index in [0.29, 0.717) is 11.7 Å². The van der Waals surface area contributed by atoms with Crippen LogP contribution in [0.1, 0.15) is 5.56 Å². The van der Waals surface area contributed by atoms with Crippen LogP contribution in [0.25, 0.3) is 0 Å². The average molecular weight is 215 g/mol. The molecule has 0 aromatic heterocycles. The van der Waals surface area contributed by atoms with Gasteiger partial charge in [0.05, 0.1) is 6.54 Å². The highest BCUT2D eigenvalue weighted by molar-refractivity contribution is 8.13. The molecule has 0 aliphatic heterocycles. The topological polar surface area (TPSA) is 38.4 Å². The first-order valence-electron chi connectivity index (χ1n) is 3.81. The Morgan fingerprint density at radius 3 is 2.85 bits per heavy atom. The zero-order chi connectivity index (χ0) is 9.68. The normalized spacial score (nSPS) is 11.7. The van der Waals surface area contributed by atoms with Crippen LogP contribution in [0.3, 0.4) is 0 Å². The van der Waals surface area contributed by atoms with E-state index in [9.17, 15) is 0 Å². The van der Waals surface area contributed by atoms with Gasteiger partial charge in [-0.25, -0.2) is 0 Å². The fourth-order valence-electron chi connectivity index (χ4n) is 0.854. The maximum Gasteiger partial charge on any atom is 0.153 e. The van der Waals surface area contributed by atoms with Crippen molar-refractivity contribution in [3.05, 3.63) is 34.9 Å². The Kier molecular flexibility index (Phi) is 4.12. The summed E-state index contributed by atoms with van der Waals surface area (Å²) >= 11 is 7.37. The van der Waals surface area contributed by atoms with E-state index in [1.807, 2.05) is 30.5 Å². The SMILES string of the molecule is CSC(N)=NCc1ccccc1Cl. The summed E-state index contributed by atoms with van der Waals surface area (Å²) in [5.41, 5.74) is 6.54. The van der Waals surface area contributed by atoms with Crippen LogP contribution in [0.2, 0.25) is 5.02 Å². The van der Waals surface area contributed by atoms with Crippen LogP contribution >= 0.6 is 23.4 Å². The number of rotatable bonds is 2. The zero-order valence-corrected chi connectivity index (χ0v) is 8.90. The van der Waals surface area contributed by atoms with Crippen molar-refractivity contribution in [1.82, 2.24) is 0 Å². The van der Waals surface area contributed by atoms with Gasteiger partial charge in [0, 0.05) is 5.02 Å². The molecule has 1 rings (SSSR count). The Hall–Kier alpha value is -0.670. The van der Waals surface area contributed by atoms with Gasteiger partial charge in [-0.1, -0.05) is 41.6 Å². The Morgan fingerprint density at radius 2 is 2.23 bits per heavy atom. The van der Waals surface area contributed by atoms with E-state index in [1.54, 1.807) is 0 Å². The van der Waals surface area contributed by atoms with Crippen molar-refractivity contribution < 1.29 is 0 Å². The summed E-state index contributed by atoms with van der Waals surface area (Å²) in [6.07, 6.45) is 1.89. The minimum Gasteiger partial charge on any atom is -0.379 e. The lowest BCUT2D eigenvalue weighted by Crippen LogP contribution is -2.05. The fraction of sp³-hybridized carbons (Fsp3) is 0.222. The molecule has 0 unspecified atom stereocenters. The summed E-state index contributed by atoms with van der Waals surface area (Å²) in [7, 11) is 0. The van der Waals surface area contributed by atoms with Crippen molar-refractivity contribution in [3.63, 3.8) is 0 Å². The van der Waals surface area contributed by atoms with E-state index in [0.717, 1.165) is 10.6 Å². The molecule has 0 amide bonds. The third kappa shape index (κ3) is 3.28. The lowest BCUT2D eigenvalue weighted by molar-refractivity contribution is 1.07. The first-order valence-corrected chi connectivity index (χ1v) is 5.41. The number of nitrogens with two attached hydrogens (primary N) is 1. The van der Waals surface area contributed by atoms with E-state index < -0.39 is 0 Å². The largest absolute Gasteiger partial charge is 0.379 e. The number of halogens is 1. The maximum absolute atomic E-state index is 5.93. The van der Waals surface area contributed by atoms with Gasteiger partial charge >= 0.3 is 0 Å². The highest BCUT2D eigenvalue weighted by atomic mass is 35.5. The Balaban J connectivity index is 2.70. The molecule has 0 bridgehead atoms. The molecule has 0 atom stereocenters. The van der Waals surface area contributed by atoms with Crippen molar-refractivity contribution in [2.24, 2.45) is 10.7 Å². The van der Waals surface area contributed by atoms with Crippen LogP contribution in [0, 0.1) is 0 Å². The second-order valence-electron chi connectivity index (χ2n) is 2.45. The summed E-state index contributed by atoms with van der Waals surface area (Å²) in [5.74, 6) is 0. The van der Waals surface area contributed by atoms with Gasteiger partial charge in [-0.2, -0.15) is 0 Å². The molecule has 0 saturated carbocycles. The molecular formula is C9H11ClN2S. The molecule has 70 valence electrons. The van der Waals surface area contributed by atoms with E-state index in [-0.39, 0.29) is 0 Å². The van der Waals surface area contributed by atoms with Gasteiger partial charge in [-0.3, -0.25) is 4.99 Å². The number of hydrogen-bond donors (Lipinski definition) is 1. The standard InChI is InChI=1S/C9H11ClN2S/c1-13-9(11)12-6-7-4-2-3-5-8(7)10/h2-5H,6H2,1H3,(H2,11,12). The van der Waals surface area contributed by atoms with E-state index in [1.165, 1.54) is 11.8 Å². The van der Waals surface area contributed by atoms with E-state index in [4.69, 9.17) is 17.3 Å². The molecule has 2 nitrogen and oxygen atoms in total.